The molecule has 1 aliphatic carbocycles. The van der Waals surface area contributed by atoms with Gasteiger partial charge in [0.1, 0.15) is 0 Å². The maximum absolute atomic E-state index is 11.9. The highest BCUT2D eigenvalue weighted by atomic mass is 32.2. The molecule has 0 aromatic carbocycles. The molecule has 1 amide bonds. The quantitative estimate of drug-likeness (QED) is 0.842. The van der Waals surface area contributed by atoms with Gasteiger partial charge in [-0.05, 0) is 25.2 Å². The van der Waals surface area contributed by atoms with Crippen molar-refractivity contribution in [1.29, 1.82) is 0 Å². The van der Waals surface area contributed by atoms with Gasteiger partial charge >= 0.3 is 0 Å². The Morgan fingerprint density at radius 3 is 2.47 bits per heavy atom. The average Bonchev–Trinajstić information content (AvgIpc) is 2.78. The molecule has 1 saturated heterocycles. The highest BCUT2D eigenvalue weighted by Crippen LogP contribution is 2.22. The van der Waals surface area contributed by atoms with E-state index in [1.807, 2.05) is 0 Å². The van der Waals surface area contributed by atoms with Gasteiger partial charge in [-0.1, -0.05) is 19.3 Å². The third-order valence-electron chi connectivity index (χ3n) is 4.16. The summed E-state index contributed by atoms with van der Waals surface area (Å²) in [6, 6.07) is 0.341. The lowest BCUT2D eigenvalue weighted by molar-refractivity contribution is -0.122. The fourth-order valence-electron chi connectivity index (χ4n) is 3.06. The summed E-state index contributed by atoms with van der Waals surface area (Å²) in [5.74, 6) is 0.269. The monoisotopic (exact) mass is 288 g/mol. The fraction of sp³-hybridized carbons (Fsp3) is 0.923. The lowest BCUT2D eigenvalue weighted by Crippen LogP contribution is -2.37. The van der Waals surface area contributed by atoms with Crippen LogP contribution in [0.4, 0.5) is 0 Å². The second-order valence-electron chi connectivity index (χ2n) is 5.88. The molecule has 6 heteroatoms. The van der Waals surface area contributed by atoms with Gasteiger partial charge in [0.25, 0.3) is 0 Å². The summed E-state index contributed by atoms with van der Waals surface area (Å²) in [5.41, 5.74) is 0. The number of sulfonamides is 1. The van der Waals surface area contributed by atoms with Crippen LogP contribution in [0.2, 0.25) is 0 Å². The molecule has 1 aliphatic heterocycles. The molecule has 0 aromatic rings. The van der Waals surface area contributed by atoms with Gasteiger partial charge in [0, 0.05) is 25.6 Å². The third kappa shape index (κ3) is 4.45. The van der Waals surface area contributed by atoms with Crippen molar-refractivity contribution < 1.29 is 13.2 Å². The summed E-state index contributed by atoms with van der Waals surface area (Å²) in [6.07, 6.45) is 8.35. The summed E-state index contributed by atoms with van der Waals surface area (Å²) >= 11 is 0. The number of hydrogen-bond acceptors (Lipinski definition) is 3. The first kappa shape index (κ1) is 14.8. The predicted molar refractivity (Wildman–Crippen MR) is 74.2 cm³/mol. The summed E-state index contributed by atoms with van der Waals surface area (Å²) < 4.78 is 24.3. The maximum Gasteiger partial charge on any atom is 0.220 e. The Balaban J connectivity index is 1.74. The van der Waals surface area contributed by atoms with E-state index < -0.39 is 10.0 Å². The summed E-state index contributed by atoms with van der Waals surface area (Å²) in [4.78, 5) is 11.9. The maximum atomic E-state index is 11.9. The number of carbonyl (C=O) groups excluding carboxylic acids is 1. The Bertz CT molecular complexity index is 416. The van der Waals surface area contributed by atoms with E-state index in [1.165, 1.54) is 29.8 Å². The van der Waals surface area contributed by atoms with Gasteiger partial charge in [-0.15, -0.1) is 0 Å². The van der Waals surface area contributed by atoms with Crippen LogP contribution in [0.1, 0.15) is 44.9 Å². The molecule has 0 aromatic heterocycles. The second-order valence-corrected chi connectivity index (χ2v) is 7.86. The van der Waals surface area contributed by atoms with Gasteiger partial charge in [0.15, 0.2) is 0 Å². The SMILES string of the molecule is CS(=O)(=O)N1CCC(CC(=O)NC2CCCCC2)C1. The minimum atomic E-state index is -3.10. The summed E-state index contributed by atoms with van der Waals surface area (Å²) in [7, 11) is -3.10. The van der Waals surface area contributed by atoms with Gasteiger partial charge in [0.2, 0.25) is 15.9 Å². The Morgan fingerprint density at radius 1 is 1.21 bits per heavy atom. The first-order valence-corrected chi connectivity index (χ1v) is 9.04. The molecular formula is C13H24N2O3S. The normalized spacial score (nSPS) is 26.5. The zero-order chi connectivity index (χ0) is 13.9. The van der Waals surface area contributed by atoms with Crippen molar-refractivity contribution in [3.8, 4) is 0 Å². The third-order valence-corrected chi connectivity index (χ3v) is 5.43. The van der Waals surface area contributed by atoms with E-state index in [1.54, 1.807) is 0 Å². The zero-order valence-corrected chi connectivity index (χ0v) is 12.4. The predicted octanol–water partition coefficient (Wildman–Crippen LogP) is 1.11. The Kier molecular flexibility index (Phi) is 4.84. The van der Waals surface area contributed by atoms with Crippen molar-refractivity contribution in [3.05, 3.63) is 0 Å². The molecule has 1 N–H and O–H groups in total. The molecule has 1 atom stereocenters. The minimum absolute atomic E-state index is 0.0900. The molecule has 110 valence electrons. The van der Waals surface area contributed by atoms with Gasteiger partial charge < -0.3 is 5.32 Å². The van der Waals surface area contributed by atoms with Crippen molar-refractivity contribution in [1.82, 2.24) is 9.62 Å². The Labute approximate surface area is 115 Å². The Hall–Kier alpha value is -0.620. The molecule has 2 aliphatic rings. The molecule has 2 rings (SSSR count). The van der Waals surface area contributed by atoms with Crippen molar-refractivity contribution in [2.24, 2.45) is 5.92 Å². The van der Waals surface area contributed by atoms with Crippen molar-refractivity contribution >= 4 is 15.9 Å². The first-order valence-electron chi connectivity index (χ1n) is 7.19. The van der Waals surface area contributed by atoms with Crippen LogP contribution in [0.15, 0.2) is 0 Å². The molecular weight excluding hydrogens is 264 g/mol. The number of carbonyl (C=O) groups is 1. The number of rotatable bonds is 4. The van der Waals surface area contributed by atoms with Gasteiger partial charge in [-0.2, -0.15) is 0 Å². The Morgan fingerprint density at radius 2 is 1.89 bits per heavy atom. The van der Waals surface area contributed by atoms with Crippen molar-refractivity contribution in [2.45, 2.75) is 51.0 Å². The molecule has 2 fully saturated rings. The smallest absolute Gasteiger partial charge is 0.220 e. The van der Waals surface area contributed by atoms with E-state index in [0.29, 0.717) is 25.6 Å². The number of hydrogen-bond donors (Lipinski definition) is 1. The molecule has 1 heterocycles. The lowest BCUT2D eigenvalue weighted by Gasteiger charge is -2.23. The topological polar surface area (TPSA) is 66.5 Å². The average molecular weight is 288 g/mol. The van der Waals surface area contributed by atoms with E-state index in [-0.39, 0.29) is 11.8 Å². The van der Waals surface area contributed by atoms with Gasteiger partial charge in [0.05, 0.1) is 6.26 Å². The lowest BCUT2D eigenvalue weighted by atomic mass is 9.95. The van der Waals surface area contributed by atoms with Crippen LogP contribution >= 0.6 is 0 Å². The van der Waals surface area contributed by atoms with E-state index in [4.69, 9.17) is 0 Å². The highest BCUT2D eigenvalue weighted by molar-refractivity contribution is 7.88. The number of amides is 1. The van der Waals surface area contributed by atoms with Crippen LogP contribution in [-0.2, 0) is 14.8 Å². The minimum Gasteiger partial charge on any atom is -0.353 e. The van der Waals surface area contributed by atoms with Gasteiger partial charge in [-0.25, -0.2) is 12.7 Å². The molecule has 1 unspecified atom stereocenters. The molecule has 0 radical (unpaired) electrons. The zero-order valence-electron chi connectivity index (χ0n) is 11.6. The number of nitrogens with one attached hydrogen (secondary N) is 1. The molecule has 1 saturated carbocycles. The van der Waals surface area contributed by atoms with Crippen LogP contribution in [0.5, 0.6) is 0 Å². The standard InChI is InChI=1S/C13H24N2O3S/c1-19(17,18)15-8-7-11(10-15)9-13(16)14-12-5-3-2-4-6-12/h11-12H,2-10H2,1H3,(H,14,16). The van der Waals surface area contributed by atoms with Crippen molar-refractivity contribution in [2.75, 3.05) is 19.3 Å². The number of nitrogens with zero attached hydrogens (tertiary/aromatic N) is 1. The first-order chi connectivity index (χ1) is 8.95. The second kappa shape index (κ2) is 6.22. The van der Waals surface area contributed by atoms with Crippen LogP contribution in [0, 0.1) is 5.92 Å². The van der Waals surface area contributed by atoms with Crippen LogP contribution in [0.3, 0.4) is 0 Å². The van der Waals surface area contributed by atoms with Crippen LogP contribution in [0.25, 0.3) is 0 Å². The fourth-order valence-corrected chi connectivity index (χ4v) is 3.98. The van der Waals surface area contributed by atoms with Crippen LogP contribution < -0.4 is 5.32 Å². The van der Waals surface area contributed by atoms with E-state index in [2.05, 4.69) is 5.32 Å². The van der Waals surface area contributed by atoms with E-state index >= 15 is 0 Å². The highest BCUT2D eigenvalue weighted by Gasteiger charge is 2.30. The van der Waals surface area contributed by atoms with E-state index in [9.17, 15) is 13.2 Å². The molecule has 0 spiro atoms. The van der Waals surface area contributed by atoms with Crippen LogP contribution in [-0.4, -0.2) is 44.0 Å². The summed E-state index contributed by atoms with van der Waals surface area (Å²) in [5, 5.41) is 3.09. The van der Waals surface area contributed by atoms with Crippen molar-refractivity contribution in [3.63, 3.8) is 0 Å². The van der Waals surface area contributed by atoms with Gasteiger partial charge in [-0.3, -0.25) is 4.79 Å². The molecule has 5 nitrogen and oxygen atoms in total. The largest absolute Gasteiger partial charge is 0.353 e. The van der Waals surface area contributed by atoms with E-state index in [0.717, 1.165) is 19.3 Å². The summed E-state index contributed by atoms with van der Waals surface area (Å²) in [6.45, 7) is 1.05. The molecule has 0 bridgehead atoms. The molecule has 19 heavy (non-hydrogen) atoms.